The van der Waals surface area contributed by atoms with E-state index in [-0.39, 0.29) is 0 Å². The Labute approximate surface area is 93.1 Å². The lowest BCUT2D eigenvalue weighted by Crippen LogP contribution is -2.25. The fourth-order valence-corrected chi connectivity index (χ4v) is 2.83. The molecule has 82 valence electrons. The summed E-state index contributed by atoms with van der Waals surface area (Å²) in [5.74, 6) is 0. The van der Waals surface area contributed by atoms with Crippen molar-refractivity contribution in [3.05, 3.63) is 28.3 Å². The van der Waals surface area contributed by atoms with Gasteiger partial charge in [0.15, 0.2) is 0 Å². The van der Waals surface area contributed by atoms with Gasteiger partial charge < -0.3 is 4.90 Å². The molecule has 2 rings (SSSR count). The summed E-state index contributed by atoms with van der Waals surface area (Å²) in [5, 5.41) is 0. The molecule has 0 atom stereocenters. The Morgan fingerprint density at radius 2 is 1.73 bits per heavy atom. The van der Waals surface area contributed by atoms with Crippen LogP contribution in [-0.2, 0) is 5.41 Å². The van der Waals surface area contributed by atoms with Crippen molar-refractivity contribution in [2.24, 2.45) is 0 Å². The highest BCUT2D eigenvalue weighted by atomic mass is 15.1. The van der Waals surface area contributed by atoms with Gasteiger partial charge in [-0.3, -0.25) is 0 Å². The fraction of sp³-hybridized carbons (Fsp3) is 0.571. The highest BCUT2D eigenvalue weighted by molar-refractivity contribution is 5.69. The number of hydrogen-bond donors (Lipinski definition) is 0. The molecule has 0 N–H and O–H groups in total. The van der Waals surface area contributed by atoms with Crippen LogP contribution in [0.5, 0.6) is 0 Å². The minimum atomic E-state index is 0.299. The summed E-state index contributed by atoms with van der Waals surface area (Å²) in [7, 11) is 2.20. The van der Waals surface area contributed by atoms with Gasteiger partial charge in [0, 0.05) is 24.7 Å². The van der Waals surface area contributed by atoms with E-state index in [1.54, 1.807) is 0 Å². The van der Waals surface area contributed by atoms with Crippen LogP contribution in [0.1, 0.15) is 36.1 Å². The Morgan fingerprint density at radius 3 is 2.33 bits per heavy atom. The van der Waals surface area contributed by atoms with Crippen LogP contribution in [0.2, 0.25) is 0 Å². The number of fused-ring (bicyclic) bond motifs is 1. The second-order valence-corrected chi connectivity index (χ2v) is 5.58. The first kappa shape index (κ1) is 10.5. The maximum absolute atomic E-state index is 2.40. The molecule has 0 aliphatic carbocycles. The van der Waals surface area contributed by atoms with Crippen molar-refractivity contribution in [3.8, 4) is 0 Å². The lowest BCUT2D eigenvalue weighted by Gasteiger charge is -2.19. The summed E-state index contributed by atoms with van der Waals surface area (Å²) in [6.45, 7) is 12.5. The molecule has 1 nitrogen and oxygen atoms in total. The predicted octanol–water partition coefficient (Wildman–Crippen LogP) is 3.34. The molecule has 1 aliphatic heterocycles. The molecule has 1 heteroatoms. The van der Waals surface area contributed by atoms with Crippen LogP contribution in [0.4, 0.5) is 5.69 Å². The first-order valence-electron chi connectivity index (χ1n) is 5.67. The van der Waals surface area contributed by atoms with E-state index in [0.29, 0.717) is 5.41 Å². The Balaban J connectivity index is 2.75. The van der Waals surface area contributed by atoms with Crippen molar-refractivity contribution >= 4 is 5.69 Å². The van der Waals surface area contributed by atoms with Gasteiger partial charge in [-0.25, -0.2) is 0 Å². The molecule has 0 bridgehead atoms. The Morgan fingerprint density at radius 1 is 1.13 bits per heavy atom. The maximum atomic E-state index is 2.40. The van der Waals surface area contributed by atoms with E-state index in [1.807, 2.05) is 0 Å². The lowest BCUT2D eigenvalue weighted by atomic mass is 9.84. The van der Waals surface area contributed by atoms with E-state index in [2.05, 4.69) is 52.6 Å². The van der Waals surface area contributed by atoms with Crippen molar-refractivity contribution in [2.75, 3.05) is 18.5 Å². The van der Waals surface area contributed by atoms with Crippen LogP contribution in [0.15, 0.2) is 6.07 Å². The SMILES string of the molecule is Cc1cc2c(c(C)c1C)N(C)CC2(C)C. The molecule has 0 amide bonds. The van der Waals surface area contributed by atoms with E-state index >= 15 is 0 Å². The second-order valence-electron chi connectivity index (χ2n) is 5.58. The van der Waals surface area contributed by atoms with Gasteiger partial charge >= 0.3 is 0 Å². The Kier molecular flexibility index (Phi) is 2.11. The number of aryl methyl sites for hydroxylation is 1. The minimum absolute atomic E-state index is 0.299. The summed E-state index contributed by atoms with van der Waals surface area (Å²) < 4.78 is 0. The monoisotopic (exact) mass is 203 g/mol. The zero-order valence-electron chi connectivity index (χ0n) is 10.7. The normalized spacial score (nSPS) is 18.1. The predicted molar refractivity (Wildman–Crippen MR) is 66.9 cm³/mol. The molecule has 1 aliphatic rings. The van der Waals surface area contributed by atoms with E-state index in [4.69, 9.17) is 0 Å². The summed E-state index contributed by atoms with van der Waals surface area (Å²) >= 11 is 0. The van der Waals surface area contributed by atoms with Gasteiger partial charge in [0.25, 0.3) is 0 Å². The number of hydrogen-bond acceptors (Lipinski definition) is 1. The van der Waals surface area contributed by atoms with Gasteiger partial charge in [-0.2, -0.15) is 0 Å². The van der Waals surface area contributed by atoms with E-state index in [1.165, 1.54) is 27.9 Å². The van der Waals surface area contributed by atoms with Crippen LogP contribution in [0.25, 0.3) is 0 Å². The highest BCUT2D eigenvalue weighted by Gasteiger charge is 2.34. The van der Waals surface area contributed by atoms with Crippen LogP contribution >= 0.6 is 0 Å². The van der Waals surface area contributed by atoms with Gasteiger partial charge in [-0.1, -0.05) is 19.9 Å². The molecule has 1 aromatic carbocycles. The van der Waals surface area contributed by atoms with Crippen molar-refractivity contribution in [1.29, 1.82) is 0 Å². The molecule has 1 aromatic rings. The highest BCUT2D eigenvalue weighted by Crippen LogP contribution is 2.43. The molecular weight excluding hydrogens is 182 g/mol. The molecular formula is C14H21N. The molecule has 0 fully saturated rings. The van der Waals surface area contributed by atoms with E-state index in [0.717, 1.165) is 6.54 Å². The van der Waals surface area contributed by atoms with Crippen molar-refractivity contribution in [1.82, 2.24) is 0 Å². The maximum Gasteiger partial charge on any atom is 0.0435 e. The quantitative estimate of drug-likeness (QED) is 0.625. The third kappa shape index (κ3) is 1.37. The minimum Gasteiger partial charge on any atom is -0.373 e. The molecule has 0 aromatic heterocycles. The first-order valence-corrected chi connectivity index (χ1v) is 5.67. The topological polar surface area (TPSA) is 3.24 Å². The third-order valence-corrected chi connectivity index (χ3v) is 3.87. The van der Waals surface area contributed by atoms with Gasteiger partial charge in [-0.15, -0.1) is 0 Å². The van der Waals surface area contributed by atoms with Gasteiger partial charge in [0.05, 0.1) is 0 Å². The summed E-state index contributed by atoms with van der Waals surface area (Å²) in [5.41, 5.74) is 7.60. The molecule has 0 saturated heterocycles. The smallest absolute Gasteiger partial charge is 0.0435 e. The molecule has 1 heterocycles. The molecule has 0 saturated carbocycles. The van der Waals surface area contributed by atoms with Crippen LogP contribution in [-0.4, -0.2) is 13.6 Å². The lowest BCUT2D eigenvalue weighted by molar-refractivity contribution is 0.563. The molecule has 0 radical (unpaired) electrons. The number of benzene rings is 1. The average Bonchev–Trinajstić information content (AvgIpc) is 2.33. The Bertz CT molecular complexity index is 416. The largest absolute Gasteiger partial charge is 0.373 e. The van der Waals surface area contributed by atoms with Gasteiger partial charge in [-0.05, 0) is 43.0 Å². The van der Waals surface area contributed by atoms with E-state index in [9.17, 15) is 0 Å². The number of anilines is 1. The first-order chi connectivity index (χ1) is 6.84. The van der Waals surface area contributed by atoms with E-state index < -0.39 is 0 Å². The van der Waals surface area contributed by atoms with Crippen LogP contribution in [0, 0.1) is 20.8 Å². The molecule has 0 spiro atoms. The third-order valence-electron chi connectivity index (χ3n) is 3.87. The Hall–Kier alpha value is -0.980. The zero-order chi connectivity index (χ0) is 11.4. The van der Waals surface area contributed by atoms with Crippen molar-refractivity contribution in [3.63, 3.8) is 0 Å². The van der Waals surface area contributed by atoms with Gasteiger partial charge in [0.1, 0.15) is 0 Å². The molecule has 15 heavy (non-hydrogen) atoms. The van der Waals surface area contributed by atoms with Crippen molar-refractivity contribution < 1.29 is 0 Å². The van der Waals surface area contributed by atoms with Crippen molar-refractivity contribution in [2.45, 2.75) is 40.0 Å². The molecule has 0 unspecified atom stereocenters. The number of nitrogens with zero attached hydrogens (tertiary/aromatic N) is 1. The summed E-state index contributed by atoms with van der Waals surface area (Å²) in [4.78, 5) is 2.40. The van der Waals surface area contributed by atoms with Crippen LogP contribution in [0.3, 0.4) is 0 Å². The zero-order valence-corrected chi connectivity index (χ0v) is 10.7. The summed E-state index contributed by atoms with van der Waals surface area (Å²) in [6, 6.07) is 2.38. The standard InChI is InChI=1S/C14H21N/c1-9-7-12-13(11(3)10(9)2)15(6)8-14(12,4)5/h7H,8H2,1-6H3. The van der Waals surface area contributed by atoms with Crippen LogP contribution < -0.4 is 4.90 Å². The van der Waals surface area contributed by atoms with Gasteiger partial charge in [0.2, 0.25) is 0 Å². The summed E-state index contributed by atoms with van der Waals surface area (Å²) in [6.07, 6.45) is 0. The number of likely N-dealkylation sites (N-methyl/N-ethyl adjacent to an activating group) is 1. The average molecular weight is 203 g/mol. The fourth-order valence-electron chi connectivity index (χ4n) is 2.83. The second kappa shape index (κ2) is 3.01. The number of rotatable bonds is 0.